The number of nitrogens with zero attached hydrogens (tertiary/aromatic N) is 1. The van der Waals surface area contributed by atoms with Crippen LogP contribution in [-0.4, -0.2) is 10.6 Å². The van der Waals surface area contributed by atoms with Gasteiger partial charge in [0.2, 0.25) is 0 Å². The van der Waals surface area contributed by atoms with Gasteiger partial charge in [-0.1, -0.05) is 20.8 Å². The van der Waals surface area contributed by atoms with Crippen molar-refractivity contribution in [2.24, 2.45) is 5.41 Å². The van der Waals surface area contributed by atoms with E-state index in [0.29, 0.717) is 18.0 Å². The number of nitrogens with one attached hydrogen (secondary N) is 1. The van der Waals surface area contributed by atoms with Crippen LogP contribution in [0.25, 0.3) is 0 Å². The molecule has 0 radical (unpaired) electrons. The lowest BCUT2D eigenvalue weighted by Gasteiger charge is -2.22. The van der Waals surface area contributed by atoms with E-state index >= 15 is 0 Å². The molecule has 18 heavy (non-hydrogen) atoms. The van der Waals surface area contributed by atoms with Gasteiger partial charge in [0, 0.05) is 24.8 Å². The van der Waals surface area contributed by atoms with Gasteiger partial charge in [-0.05, 0) is 38.2 Å². The number of hydrogen-bond acceptors (Lipinski definition) is 2. The molecule has 0 aliphatic rings. The summed E-state index contributed by atoms with van der Waals surface area (Å²) in [5, 5.41) is 3.46. The van der Waals surface area contributed by atoms with E-state index in [9.17, 15) is 4.79 Å². The molecule has 0 aromatic carbocycles. The molecule has 1 rings (SSSR count). The summed E-state index contributed by atoms with van der Waals surface area (Å²) in [6.45, 7) is 11.7. The van der Waals surface area contributed by atoms with Crippen molar-refractivity contribution in [1.82, 2.24) is 4.57 Å². The van der Waals surface area contributed by atoms with E-state index in [1.807, 2.05) is 19.2 Å². The van der Waals surface area contributed by atoms with E-state index in [4.69, 9.17) is 0 Å². The molecular formula is C15H26N2O. The van der Waals surface area contributed by atoms with Gasteiger partial charge in [-0.15, -0.1) is 0 Å². The number of pyridine rings is 1. The zero-order valence-electron chi connectivity index (χ0n) is 12.3. The Hall–Kier alpha value is -1.25. The van der Waals surface area contributed by atoms with Crippen molar-refractivity contribution in [1.29, 1.82) is 0 Å². The maximum absolute atomic E-state index is 11.5. The third-order valence-electron chi connectivity index (χ3n) is 3.06. The average molecular weight is 250 g/mol. The molecule has 0 spiro atoms. The average Bonchev–Trinajstić information content (AvgIpc) is 2.28. The number of aromatic nitrogens is 1. The minimum Gasteiger partial charge on any atom is -0.381 e. The van der Waals surface area contributed by atoms with E-state index in [2.05, 4.69) is 33.0 Å². The maximum Gasteiger partial charge on any atom is 0.250 e. The van der Waals surface area contributed by atoms with E-state index in [-0.39, 0.29) is 5.56 Å². The number of anilines is 1. The smallest absolute Gasteiger partial charge is 0.250 e. The van der Waals surface area contributed by atoms with Gasteiger partial charge >= 0.3 is 0 Å². The first kappa shape index (κ1) is 14.8. The van der Waals surface area contributed by atoms with Crippen LogP contribution in [0.3, 0.4) is 0 Å². The van der Waals surface area contributed by atoms with Crippen LogP contribution in [0, 0.1) is 5.41 Å². The molecule has 1 aromatic rings. The Bertz CT molecular complexity index is 429. The van der Waals surface area contributed by atoms with Gasteiger partial charge in [-0.3, -0.25) is 4.79 Å². The molecule has 0 fully saturated rings. The first-order chi connectivity index (χ1) is 8.31. The zero-order chi connectivity index (χ0) is 13.8. The standard InChI is InChI=1S/C15H26N2O/c1-6-17-11-13(7-8-14(17)18)16-12(2)9-10-15(3,4)5/h7-8,11-12,16H,6,9-10H2,1-5H3. The van der Waals surface area contributed by atoms with Crippen molar-refractivity contribution in [3.05, 3.63) is 28.7 Å². The van der Waals surface area contributed by atoms with Crippen LogP contribution in [0.5, 0.6) is 0 Å². The highest BCUT2D eigenvalue weighted by Gasteiger charge is 2.12. The molecule has 0 bridgehead atoms. The van der Waals surface area contributed by atoms with Crippen molar-refractivity contribution in [3.63, 3.8) is 0 Å². The second-order valence-corrected chi connectivity index (χ2v) is 6.19. The normalized spacial score (nSPS) is 13.4. The van der Waals surface area contributed by atoms with Crippen molar-refractivity contribution < 1.29 is 0 Å². The molecule has 0 aliphatic heterocycles. The summed E-state index contributed by atoms with van der Waals surface area (Å²) in [7, 11) is 0. The monoisotopic (exact) mass is 250 g/mol. The first-order valence-electron chi connectivity index (χ1n) is 6.79. The predicted octanol–water partition coefficient (Wildman–Crippen LogP) is 3.49. The molecule has 102 valence electrons. The Kier molecular flexibility index (Phi) is 5.00. The van der Waals surface area contributed by atoms with Crippen molar-refractivity contribution in [3.8, 4) is 0 Å². The Morgan fingerprint density at radius 1 is 1.33 bits per heavy atom. The van der Waals surface area contributed by atoms with Gasteiger partial charge in [0.1, 0.15) is 0 Å². The number of aryl methyl sites for hydroxylation is 1. The van der Waals surface area contributed by atoms with Crippen LogP contribution in [0.15, 0.2) is 23.1 Å². The summed E-state index contributed by atoms with van der Waals surface area (Å²) in [4.78, 5) is 11.5. The van der Waals surface area contributed by atoms with Crippen LogP contribution >= 0.6 is 0 Å². The zero-order valence-corrected chi connectivity index (χ0v) is 12.3. The van der Waals surface area contributed by atoms with Crippen LogP contribution in [0.4, 0.5) is 5.69 Å². The highest BCUT2D eigenvalue weighted by molar-refractivity contribution is 5.41. The van der Waals surface area contributed by atoms with E-state index < -0.39 is 0 Å². The summed E-state index contributed by atoms with van der Waals surface area (Å²) in [6, 6.07) is 3.91. The number of hydrogen-bond donors (Lipinski definition) is 1. The Labute approximate surface area is 110 Å². The van der Waals surface area contributed by atoms with Gasteiger partial charge in [0.05, 0.1) is 5.69 Å². The van der Waals surface area contributed by atoms with Crippen molar-refractivity contribution in [2.45, 2.75) is 60.0 Å². The summed E-state index contributed by atoms with van der Waals surface area (Å²) < 4.78 is 1.72. The fourth-order valence-corrected chi connectivity index (χ4v) is 1.87. The van der Waals surface area contributed by atoms with Crippen LogP contribution in [-0.2, 0) is 6.54 Å². The lowest BCUT2D eigenvalue weighted by molar-refractivity contribution is 0.357. The predicted molar refractivity (Wildman–Crippen MR) is 78.1 cm³/mol. The Morgan fingerprint density at radius 3 is 2.56 bits per heavy atom. The van der Waals surface area contributed by atoms with E-state index in [0.717, 1.165) is 12.1 Å². The van der Waals surface area contributed by atoms with Gasteiger partial charge in [0.25, 0.3) is 5.56 Å². The third kappa shape index (κ3) is 4.94. The second-order valence-electron chi connectivity index (χ2n) is 6.19. The molecular weight excluding hydrogens is 224 g/mol. The lowest BCUT2D eigenvalue weighted by Crippen LogP contribution is -2.22. The van der Waals surface area contributed by atoms with Crippen LogP contribution < -0.4 is 10.9 Å². The Balaban J connectivity index is 2.59. The minimum atomic E-state index is 0.0606. The molecule has 0 saturated carbocycles. The summed E-state index contributed by atoms with van der Waals surface area (Å²) in [5.41, 5.74) is 1.46. The van der Waals surface area contributed by atoms with Gasteiger partial charge in [-0.2, -0.15) is 0 Å². The highest BCUT2D eigenvalue weighted by Crippen LogP contribution is 2.22. The third-order valence-corrected chi connectivity index (χ3v) is 3.06. The largest absolute Gasteiger partial charge is 0.381 e. The van der Waals surface area contributed by atoms with Gasteiger partial charge < -0.3 is 9.88 Å². The molecule has 1 atom stereocenters. The van der Waals surface area contributed by atoms with E-state index in [1.54, 1.807) is 10.6 Å². The molecule has 1 heterocycles. The fraction of sp³-hybridized carbons (Fsp3) is 0.667. The summed E-state index contributed by atoms with van der Waals surface area (Å²) in [6.07, 6.45) is 4.22. The lowest BCUT2D eigenvalue weighted by atomic mass is 9.89. The molecule has 3 nitrogen and oxygen atoms in total. The van der Waals surface area contributed by atoms with Crippen molar-refractivity contribution >= 4 is 5.69 Å². The van der Waals surface area contributed by atoms with Crippen LogP contribution in [0.2, 0.25) is 0 Å². The van der Waals surface area contributed by atoms with Crippen LogP contribution in [0.1, 0.15) is 47.5 Å². The summed E-state index contributed by atoms with van der Waals surface area (Å²) >= 11 is 0. The SMILES string of the molecule is CCn1cc(NC(C)CCC(C)(C)C)ccc1=O. The molecule has 1 N–H and O–H groups in total. The topological polar surface area (TPSA) is 34.0 Å². The summed E-state index contributed by atoms with van der Waals surface area (Å²) in [5.74, 6) is 0. The molecule has 1 unspecified atom stereocenters. The Morgan fingerprint density at radius 2 is 2.00 bits per heavy atom. The second kappa shape index (κ2) is 6.07. The molecule has 1 aromatic heterocycles. The fourth-order valence-electron chi connectivity index (χ4n) is 1.87. The molecule has 3 heteroatoms. The number of rotatable bonds is 5. The molecule has 0 saturated heterocycles. The van der Waals surface area contributed by atoms with Gasteiger partial charge in [0.15, 0.2) is 0 Å². The molecule has 0 aliphatic carbocycles. The van der Waals surface area contributed by atoms with Gasteiger partial charge in [-0.25, -0.2) is 0 Å². The van der Waals surface area contributed by atoms with E-state index in [1.165, 1.54) is 6.42 Å². The molecule has 0 amide bonds. The quantitative estimate of drug-likeness (QED) is 0.868. The minimum absolute atomic E-state index is 0.0606. The maximum atomic E-state index is 11.5. The van der Waals surface area contributed by atoms with Crippen molar-refractivity contribution in [2.75, 3.05) is 5.32 Å². The first-order valence-corrected chi connectivity index (χ1v) is 6.79. The highest BCUT2D eigenvalue weighted by atomic mass is 16.1.